The molecule has 0 aliphatic carbocycles. The number of piperazine rings is 1. The van der Waals surface area contributed by atoms with E-state index in [2.05, 4.69) is 31.0 Å². The van der Waals surface area contributed by atoms with Gasteiger partial charge in [0.1, 0.15) is 0 Å². The Morgan fingerprint density at radius 3 is 2.11 bits per heavy atom. The molecule has 0 unspecified atom stereocenters. The topological polar surface area (TPSA) is 93.1 Å². The summed E-state index contributed by atoms with van der Waals surface area (Å²) in [5, 5.41) is 19.9. The molecule has 1 heterocycles. The molecular formula is C12H23N3O4. The van der Waals surface area contributed by atoms with Gasteiger partial charge in [-0.15, -0.1) is 0 Å². The van der Waals surface area contributed by atoms with Crippen molar-refractivity contribution in [2.45, 2.75) is 32.4 Å². The number of hydrogen-bond donors (Lipinski definition) is 3. The summed E-state index contributed by atoms with van der Waals surface area (Å²) in [5.74, 6) is -1.23. The molecule has 0 aromatic carbocycles. The van der Waals surface area contributed by atoms with Crippen molar-refractivity contribution in [3.05, 3.63) is 0 Å². The molecule has 1 aliphatic heterocycles. The molecule has 1 fully saturated rings. The van der Waals surface area contributed by atoms with Crippen LogP contribution in [0, 0.1) is 0 Å². The molecule has 7 heteroatoms. The number of nitrogens with zero attached hydrogens (tertiary/aromatic N) is 2. The lowest BCUT2D eigenvalue weighted by molar-refractivity contribution is -0.140. The van der Waals surface area contributed by atoms with Gasteiger partial charge in [0.05, 0.1) is 6.61 Å². The summed E-state index contributed by atoms with van der Waals surface area (Å²) in [6.45, 7) is 8.38. The minimum atomic E-state index is -1.24. The van der Waals surface area contributed by atoms with Gasteiger partial charge < -0.3 is 20.4 Å². The van der Waals surface area contributed by atoms with Gasteiger partial charge in [-0.25, -0.2) is 9.59 Å². The molecular weight excluding hydrogens is 250 g/mol. The Hall–Kier alpha value is -1.34. The molecule has 0 aromatic rings. The van der Waals surface area contributed by atoms with Gasteiger partial charge in [-0.1, -0.05) is 0 Å². The number of carbonyl (C=O) groups is 2. The van der Waals surface area contributed by atoms with Gasteiger partial charge in [-0.2, -0.15) is 0 Å². The number of nitrogens with one attached hydrogen (secondary N) is 1. The third-order valence-electron chi connectivity index (χ3n) is 3.29. The maximum atomic E-state index is 11.9. The summed E-state index contributed by atoms with van der Waals surface area (Å²) in [7, 11) is 0. The molecule has 2 amide bonds. The summed E-state index contributed by atoms with van der Waals surface area (Å²) in [6, 6.07) is -1.68. The third-order valence-corrected chi connectivity index (χ3v) is 3.29. The van der Waals surface area contributed by atoms with Gasteiger partial charge in [0.2, 0.25) is 0 Å². The zero-order chi connectivity index (χ0) is 14.6. The van der Waals surface area contributed by atoms with Crippen LogP contribution in [-0.4, -0.2) is 76.4 Å². The fourth-order valence-electron chi connectivity index (χ4n) is 2.01. The van der Waals surface area contributed by atoms with Gasteiger partial charge in [0.25, 0.3) is 0 Å². The van der Waals surface area contributed by atoms with E-state index in [9.17, 15) is 9.59 Å². The van der Waals surface area contributed by atoms with E-state index in [1.165, 1.54) is 0 Å². The van der Waals surface area contributed by atoms with Crippen LogP contribution in [0.4, 0.5) is 4.79 Å². The highest BCUT2D eigenvalue weighted by Crippen LogP contribution is 2.15. The first-order valence-corrected chi connectivity index (χ1v) is 6.40. The summed E-state index contributed by atoms with van der Waals surface area (Å²) >= 11 is 0. The first-order valence-electron chi connectivity index (χ1n) is 6.40. The second-order valence-electron chi connectivity index (χ2n) is 5.67. The molecule has 110 valence electrons. The van der Waals surface area contributed by atoms with Crippen molar-refractivity contribution in [3.8, 4) is 0 Å². The minimum absolute atomic E-state index is 0.0667. The number of amides is 2. The van der Waals surface area contributed by atoms with Crippen LogP contribution < -0.4 is 5.32 Å². The number of rotatable bonds is 3. The number of carbonyl (C=O) groups excluding carboxylic acids is 1. The van der Waals surface area contributed by atoms with Crippen molar-refractivity contribution >= 4 is 12.0 Å². The Morgan fingerprint density at radius 2 is 1.74 bits per heavy atom. The highest BCUT2D eigenvalue weighted by atomic mass is 16.4. The maximum absolute atomic E-state index is 11.9. The molecule has 3 N–H and O–H groups in total. The standard InChI is InChI=1S/C12H23N3O4/c1-12(2,3)15-6-4-14(5-7-15)11(19)13-9(8-16)10(17)18/h9,16H,4-8H2,1-3H3,(H,13,19)(H,17,18)/t9-/m1/s1. The molecule has 0 aromatic heterocycles. The molecule has 0 spiro atoms. The average molecular weight is 273 g/mol. The summed E-state index contributed by atoms with van der Waals surface area (Å²) in [5.41, 5.74) is 0.0667. The zero-order valence-electron chi connectivity index (χ0n) is 11.7. The monoisotopic (exact) mass is 273 g/mol. The Balaban J connectivity index is 2.47. The Kier molecular flexibility index (Phi) is 5.13. The van der Waals surface area contributed by atoms with E-state index in [0.29, 0.717) is 13.1 Å². The fraction of sp³-hybridized carbons (Fsp3) is 0.833. The largest absolute Gasteiger partial charge is 0.480 e. The van der Waals surface area contributed by atoms with Gasteiger partial charge >= 0.3 is 12.0 Å². The van der Waals surface area contributed by atoms with Crippen LogP contribution in [0.3, 0.4) is 0 Å². The van der Waals surface area contributed by atoms with E-state index in [4.69, 9.17) is 10.2 Å². The highest BCUT2D eigenvalue weighted by Gasteiger charge is 2.29. The van der Waals surface area contributed by atoms with Crippen LogP contribution in [0.5, 0.6) is 0 Å². The predicted molar refractivity (Wildman–Crippen MR) is 69.9 cm³/mol. The number of urea groups is 1. The van der Waals surface area contributed by atoms with Crippen LogP contribution in [0.25, 0.3) is 0 Å². The lowest BCUT2D eigenvalue weighted by Gasteiger charge is -2.42. The molecule has 0 bridgehead atoms. The van der Waals surface area contributed by atoms with Crippen molar-refractivity contribution in [1.29, 1.82) is 0 Å². The van der Waals surface area contributed by atoms with E-state index in [0.717, 1.165) is 13.1 Å². The Bertz CT molecular complexity index is 332. The van der Waals surface area contributed by atoms with Crippen molar-refractivity contribution < 1.29 is 19.8 Å². The number of aliphatic hydroxyl groups is 1. The SMILES string of the molecule is CC(C)(C)N1CCN(C(=O)N[C@H](CO)C(=O)O)CC1. The molecule has 0 saturated carbocycles. The number of carboxylic acid groups (broad SMARTS) is 1. The van der Waals surface area contributed by atoms with Crippen molar-refractivity contribution in [2.75, 3.05) is 32.8 Å². The van der Waals surface area contributed by atoms with Gasteiger partial charge in [0, 0.05) is 31.7 Å². The number of carboxylic acids is 1. The summed E-state index contributed by atoms with van der Waals surface area (Å²) < 4.78 is 0. The minimum Gasteiger partial charge on any atom is -0.480 e. The first-order chi connectivity index (χ1) is 8.75. The van der Waals surface area contributed by atoms with Crippen molar-refractivity contribution in [2.24, 2.45) is 0 Å². The smallest absolute Gasteiger partial charge is 0.328 e. The molecule has 1 atom stereocenters. The van der Waals surface area contributed by atoms with Crippen LogP contribution in [-0.2, 0) is 4.79 Å². The van der Waals surface area contributed by atoms with E-state index >= 15 is 0 Å². The van der Waals surface area contributed by atoms with Crippen LogP contribution in [0.15, 0.2) is 0 Å². The van der Waals surface area contributed by atoms with E-state index in [1.807, 2.05) is 0 Å². The van der Waals surface area contributed by atoms with Crippen LogP contribution >= 0.6 is 0 Å². The van der Waals surface area contributed by atoms with Crippen LogP contribution in [0.2, 0.25) is 0 Å². The lowest BCUT2D eigenvalue weighted by Crippen LogP contribution is -2.58. The second-order valence-corrected chi connectivity index (χ2v) is 5.67. The normalized spacial score (nSPS) is 19.1. The summed E-state index contributed by atoms with van der Waals surface area (Å²) in [6.07, 6.45) is 0. The second kappa shape index (κ2) is 6.21. The van der Waals surface area contributed by atoms with Crippen molar-refractivity contribution in [1.82, 2.24) is 15.1 Å². The molecule has 7 nitrogen and oxygen atoms in total. The fourth-order valence-corrected chi connectivity index (χ4v) is 2.01. The van der Waals surface area contributed by atoms with Gasteiger partial charge in [-0.05, 0) is 20.8 Å². The molecule has 1 saturated heterocycles. The molecule has 1 rings (SSSR count). The predicted octanol–water partition coefficient (Wildman–Crippen LogP) is -0.442. The zero-order valence-corrected chi connectivity index (χ0v) is 11.7. The number of aliphatic hydroxyl groups excluding tert-OH is 1. The summed E-state index contributed by atoms with van der Waals surface area (Å²) in [4.78, 5) is 26.4. The average Bonchev–Trinajstić information content (AvgIpc) is 2.34. The molecule has 0 radical (unpaired) electrons. The number of aliphatic carboxylic acids is 1. The van der Waals surface area contributed by atoms with Gasteiger partial charge in [-0.3, -0.25) is 4.90 Å². The number of hydrogen-bond acceptors (Lipinski definition) is 4. The van der Waals surface area contributed by atoms with Gasteiger partial charge in [0.15, 0.2) is 6.04 Å². The lowest BCUT2D eigenvalue weighted by atomic mass is 10.1. The first kappa shape index (κ1) is 15.7. The Labute approximate surface area is 113 Å². The quantitative estimate of drug-likeness (QED) is 0.648. The third kappa shape index (κ3) is 4.36. The Morgan fingerprint density at radius 1 is 1.21 bits per heavy atom. The van der Waals surface area contributed by atoms with Crippen molar-refractivity contribution in [3.63, 3.8) is 0 Å². The molecule has 19 heavy (non-hydrogen) atoms. The van der Waals surface area contributed by atoms with E-state index < -0.39 is 24.6 Å². The van der Waals surface area contributed by atoms with Crippen LogP contribution in [0.1, 0.15) is 20.8 Å². The molecule has 1 aliphatic rings. The van der Waals surface area contributed by atoms with E-state index in [-0.39, 0.29) is 5.54 Å². The highest BCUT2D eigenvalue weighted by molar-refractivity contribution is 5.82. The maximum Gasteiger partial charge on any atom is 0.328 e. The van der Waals surface area contributed by atoms with E-state index in [1.54, 1.807) is 4.90 Å².